The molecule has 1 heterocycles. The highest BCUT2D eigenvalue weighted by Crippen LogP contribution is 2.28. The summed E-state index contributed by atoms with van der Waals surface area (Å²) >= 11 is 0. The maximum absolute atomic E-state index is 13.5. The number of aliphatic hydroxyl groups is 1. The zero-order chi connectivity index (χ0) is 11.7. The van der Waals surface area contributed by atoms with E-state index in [0.717, 1.165) is 12.1 Å². The van der Waals surface area contributed by atoms with Crippen LogP contribution in [-0.2, 0) is 4.79 Å². The van der Waals surface area contributed by atoms with Gasteiger partial charge in [-0.15, -0.1) is 0 Å². The molecule has 0 unspecified atom stereocenters. The van der Waals surface area contributed by atoms with Gasteiger partial charge in [0.05, 0.1) is 18.3 Å². The lowest BCUT2D eigenvalue weighted by Crippen LogP contribution is -2.36. The summed E-state index contributed by atoms with van der Waals surface area (Å²) in [5.41, 5.74) is 0.0305. The molecular weight excluding hydrogens is 216 g/mol. The summed E-state index contributed by atoms with van der Waals surface area (Å²) in [5, 5.41) is 9.07. The lowest BCUT2D eigenvalue weighted by atomic mass is 10.2. The van der Waals surface area contributed by atoms with Crippen molar-refractivity contribution in [2.24, 2.45) is 0 Å². The number of aliphatic hydroxyl groups excluding tert-OH is 1. The second-order valence-corrected chi connectivity index (χ2v) is 3.73. The molecule has 1 aliphatic heterocycles. The molecule has 1 aromatic rings. The van der Waals surface area contributed by atoms with Crippen LogP contribution in [0.15, 0.2) is 18.2 Å². The maximum atomic E-state index is 13.5. The third kappa shape index (κ3) is 1.78. The number of hydrogen-bond donors (Lipinski definition) is 1. The molecule has 0 saturated carbocycles. The van der Waals surface area contributed by atoms with Crippen LogP contribution in [0.5, 0.6) is 0 Å². The minimum absolute atomic E-state index is 0.0305. The minimum atomic E-state index is -0.784. The number of nitrogens with zero attached hydrogens (tertiary/aromatic N) is 1. The number of carbonyl (C=O) groups is 1. The van der Waals surface area contributed by atoms with Gasteiger partial charge in [-0.05, 0) is 18.6 Å². The molecule has 1 N–H and O–H groups in total. The molecule has 1 aliphatic rings. The second kappa shape index (κ2) is 4.17. The summed E-state index contributed by atoms with van der Waals surface area (Å²) in [4.78, 5) is 12.7. The van der Waals surface area contributed by atoms with Gasteiger partial charge in [0, 0.05) is 12.5 Å². The molecular formula is C11H11F2NO2. The van der Waals surface area contributed by atoms with E-state index in [-0.39, 0.29) is 24.6 Å². The van der Waals surface area contributed by atoms with Gasteiger partial charge in [0.2, 0.25) is 5.91 Å². The molecule has 0 bridgehead atoms. The Morgan fingerprint density at radius 1 is 1.44 bits per heavy atom. The Morgan fingerprint density at radius 2 is 2.19 bits per heavy atom. The highest BCUT2D eigenvalue weighted by atomic mass is 19.1. The average Bonchev–Trinajstić information content (AvgIpc) is 2.60. The lowest BCUT2D eigenvalue weighted by molar-refractivity contribution is -0.117. The van der Waals surface area contributed by atoms with E-state index in [2.05, 4.69) is 0 Å². The van der Waals surface area contributed by atoms with Crippen LogP contribution in [0.4, 0.5) is 14.5 Å². The number of carbonyl (C=O) groups excluding carboxylic acids is 1. The highest BCUT2D eigenvalue weighted by molar-refractivity contribution is 5.96. The topological polar surface area (TPSA) is 40.5 Å². The third-order valence-electron chi connectivity index (χ3n) is 2.71. The van der Waals surface area contributed by atoms with Gasteiger partial charge >= 0.3 is 0 Å². The van der Waals surface area contributed by atoms with Crippen molar-refractivity contribution in [1.29, 1.82) is 0 Å². The van der Waals surface area contributed by atoms with Gasteiger partial charge < -0.3 is 10.0 Å². The number of benzene rings is 1. The van der Waals surface area contributed by atoms with E-state index in [0.29, 0.717) is 6.42 Å². The standard InChI is InChI=1S/C11H11F2NO2/c12-7-1-3-10(9(13)5-7)14-8(6-15)2-4-11(14)16/h1,3,5,8,15H,2,4,6H2/t8-/m0/s1. The molecule has 1 fully saturated rings. The van der Waals surface area contributed by atoms with E-state index in [1.807, 2.05) is 0 Å². The molecule has 1 saturated heterocycles. The summed E-state index contributed by atoms with van der Waals surface area (Å²) < 4.78 is 26.2. The first-order valence-electron chi connectivity index (χ1n) is 5.01. The predicted octanol–water partition coefficient (Wildman–Crippen LogP) is 1.45. The Labute approximate surface area is 91.3 Å². The summed E-state index contributed by atoms with van der Waals surface area (Å²) in [5.74, 6) is -1.72. The molecule has 16 heavy (non-hydrogen) atoms. The first-order valence-corrected chi connectivity index (χ1v) is 5.01. The molecule has 1 amide bonds. The molecule has 0 aromatic heterocycles. The van der Waals surface area contributed by atoms with Crippen molar-refractivity contribution in [2.45, 2.75) is 18.9 Å². The lowest BCUT2D eigenvalue weighted by Gasteiger charge is -2.23. The summed E-state index contributed by atoms with van der Waals surface area (Å²) in [6, 6.07) is 2.64. The van der Waals surface area contributed by atoms with Crippen molar-refractivity contribution in [3.05, 3.63) is 29.8 Å². The summed E-state index contributed by atoms with van der Waals surface area (Å²) in [6.45, 7) is -0.220. The summed E-state index contributed by atoms with van der Waals surface area (Å²) in [6.07, 6.45) is 0.772. The van der Waals surface area contributed by atoms with E-state index >= 15 is 0 Å². The van der Waals surface area contributed by atoms with Gasteiger partial charge in [0.15, 0.2) is 0 Å². The van der Waals surface area contributed by atoms with Crippen LogP contribution in [0.2, 0.25) is 0 Å². The number of hydrogen-bond acceptors (Lipinski definition) is 2. The van der Waals surface area contributed by atoms with Crippen LogP contribution in [0.1, 0.15) is 12.8 Å². The monoisotopic (exact) mass is 227 g/mol. The van der Waals surface area contributed by atoms with Gasteiger partial charge in [-0.25, -0.2) is 8.78 Å². The van der Waals surface area contributed by atoms with Gasteiger partial charge in [0.1, 0.15) is 11.6 Å². The maximum Gasteiger partial charge on any atom is 0.227 e. The zero-order valence-corrected chi connectivity index (χ0v) is 8.49. The molecule has 1 atom stereocenters. The zero-order valence-electron chi connectivity index (χ0n) is 8.49. The molecule has 0 spiro atoms. The van der Waals surface area contributed by atoms with Crippen LogP contribution in [0.25, 0.3) is 0 Å². The van der Waals surface area contributed by atoms with Gasteiger partial charge in [-0.1, -0.05) is 0 Å². The third-order valence-corrected chi connectivity index (χ3v) is 2.71. The Balaban J connectivity index is 2.38. The van der Waals surface area contributed by atoms with E-state index in [4.69, 9.17) is 5.11 Å². The van der Waals surface area contributed by atoms with E-state index < -0.39 is 17.7 Å². The Kier molecular flexibility index (Phi) is 2.87. The minimum Gasteiger partial charge on any atom is -0.394 e. The molecule has 3 nitrogen and oxygen atoms in total. The molecule has 1 aromatic carbocycles. The smallest absolute Gasteiger partial charge is 0.227 e. The fourth-order valence-electron chi connectivity index (χ4n) is 1.92. The van der Waals surface area contributed by atoms with Gasteiger partial charge in [0.25, 0.3) is 0 Å². The molecule has 0 radical (unpaired) electrons. The van der Waals surface area contributed by atoms with E-state index in [1.54, 1.807) is 0 Å². The quantitative estimate of drug-likeness (QED) is 0.830. The number of halogens is 2. The van der Waals surface area contributed by atoms with Gasteiger partial charge in [-0.2, -0.15) is 0 Å². The molecule has 86 valence electrons. The Morgan fingerprint density at radius 3 is 2.81 bits per heavy atom. The van der Waals surface area contributed by atoms with Crippen molar-refractivity contribution >= 4 is 11.6 Å². The number of amides is 1. The predicted molar refractivity (Wildman–Crippen MR) is 54.0 cm³/mol. The van der Waals surface area contributed by atoms with Crippen molar-refractivity contribution in [3.63, 3.8) is 0 Å². The van der Waals surface area contributed by atoms with Gasteiger partial charge in [-0.3, -0.25) is 4.79 Å². The Bertz CT molecular complexity index is 422. The van der Waals surface area contributed by atoms with Crippen LogP contribution < -0.4 is 4.90 Å². The van der Waals surface area contributed by atoms with E-state index in [1.165, 1.54) is 11.0 Å². The fourth-order valence-corrected chi connectivity index (χ4v) is 1.92. The number of anilines is 1. The summed E-state index contributed by atoms with van der Waals surface area (Å²) in [7, 11) is 0. The highest BCUT2D eigenvalue weighted by Gasteiger charge is 2.33. The van der Waals surface area contributed by atoms with Crippen LogP contribution in [-0.4, -0.2) is 23.7 Å². The molecule has 2 rings (SSSR count). The SMILES string of the molecule is O=C1CC[C@@H](CO)N1c1ccc(F)cc1F. The second-order valence-electron chi connectivity index (χ2n) is 3.73. The van der Waals surface area contributed by atoms with Crippen molar-refractivity contribution in [2.75, 3.05) is 11.5 Å². The van der Waals surface area contributed by atoms with Crippen molar-refractivity contribution < 1.29 is 18.7 Å². The van der Waals surface area contributed by atoms with Crippen LogP contribution >= 0.6 is 0 Å². The fraction of sp³-hybridized carbons (Fsp3) is 0.364. The average molecular weight is 227 g/mol. The van der Waals surface area contributed by atoms with Crippen molar-refractivity contribution in [3.8, 4) is 0 Å². The molecule has 5 heteroatoms. The van der Waals surface area contributed by atoms with E-state index in [9.17, 15) is 13.6 Å². The first-order chi connectivity index (χ1) is 7.63. The number of rotatable bonds is 2. The normalized spacial score (nSPS) is 20.6. The van der Waals surface area contributed by atoms with Crippen LogP contribution in [0.3, 0.4) is 0 Å². The van der Waals surface area contributed by atoms with Crippen LogP contribution in [0, 0.1) is 11.6 Å². The first kappa shape index (κ1) is 11.0. The Hall–Kier alpha value is -1.49. The molecule has 0 aliphatic carbocycles. The largest absolute Gasteiger partial charge is 0.394 e. The van der Waals surface area contributed by atoms with Crippen molar-refractivity contribution in [1.82, 2.24) is 0 Å².